The lowest BCUT2D eigenvalue weighted by Crippen LogP contribution is -2.41. The van der Waals surface area contributed by atoms with Crippen LogP contribution in [0.1, 0.15) is 29.6 Å². The number of anilines is 2. The number of carbonyl (C=O) groups excluding carboxylic acids is 3. The molecule has 1 saturated heterocycles. The number of benzene rings is 1. The molecule has 1 unspecified atom stereocenters. The highest BCUT2D eigenvalue weighted by molar-refractivity contribution is 7.20. The summed E-state index contributed by atoms with van der Waals surface area (Å²) in [6.45, 7) is 0.753. The smallest absolute Gasteiger partial charge is 0.341 e. The van der Waals surface area contributed by atoms with Gasteiger partial charge in [-0.3, -0.25) is 15.6 Å². The summed E-state index contributed by atoms with van der Waals surface area (Å²) in [5, 5.41) is 6.17. The molecule has 0 spiro atoms. The zero-order valence-corrected chi connectivity index (χ0v) is 20.1. The molecule has 4 N–H and O–H groups in total. The summed E-state index contributed by atoms with van der Waals surface area (Å²) in [7, 11) is 0. The van der Waals surface area contributed by atoms with Crippen LogP contribution < -0.4 is 16.4 Å². The number of thiophene rings is 1. The number of urea groups is 2. The van der Waals surface area contributed by atoms with E-state index in [0.29, 0.717) is 23.0 Å². The van der Waals surface area contributed by atoms with Crippen LogP contribution in [0.3, 0.4) is 0 Å². The number of esters is 1. The van der Waals surface area contributed by atoms with Gasteiger partial charge in [0.05, 0.1) is 18.3 Å². The van der Waals surface area contributed by atoms with Crippen molar-refractivity contribution < 1.29 is 19.1 Å². The van der Waals surface area contributed by atoms with Gasteiger partial charge < -0.3 is 15.4 Å². The molecule has 0 aliphatic carbocycles. The van der Waals surface area contributed by atoms with Crippen molar-refractivity contribution in [2.45, 2.75) is 25.4 Å². The molecule has 0 bridgehead atoms. The van der Waals surface area contributed by atoms with Crippen LogP contribution >= 0.6 is 22.9 Å². The fourth-order valence-corrected chi connectivity index (χ4v) is 4.79. The van der Waals surface area contributed by atoms with E-state index in [4.69, 9.17) is 22.1 Å². The normalized spacial score (nSPS) is 15.7. The summed E-state index contributed by atoms with van der Waals surface area (Å²) in [4.78, 5) is 47.6. The van der Waals surface area contributed by atoms with Crippen molar-refractivity contribution in [3.8, 4) is 10.4 Å². The Balaban J connectivity index is 1.57. The average Bonchev–Trinajstić information content (AvgIpc) is 3.10. The molecular formula is C23H23ClN6O4S. The molecule has 0 saturated carbocycles. The van der Waals surface area contributed by atoms with E-state index in [2.05, 4.69) is 20.6 Å². The number of nitrogens with one attached hydrogen (secondary N) is 2. The highest BCUT2D eigenvalue weighted by Crippen LogP contribution is 2.37. The van der Waals surface area contributed by atoms with Crippen LogP contribution in [-0.2, 0) is 4.74 Å². The molecule has 2 aromatic heterocycles. The van der Waals surface area contributed by atoms with Crippen LogP contribution in [0, 0.1) is 0 Å². The van der Waals surface area contributed by atoms with Crippen LogP contribution in [-0.4, -0.2) is 52.1 Å². The molecule has 1 aliphatic rings. The van der Waals surface area contributed by atoms with Crippen molar-refractivity contribution in [2.75, 3.05) is 23.7 Å². The fourth-order valence-electron chi connectivity index (χ4n) is 3.62. The third-order valence-electron chi connectivity index (χ3n) is 5.33. The van der Waals surface area contributed by atoms with Gasteiger partial charge in [0.15, 0.2) is 5.82 Å². The molecule has 3 aromatic rings. The zero-order valence-electron chi connectivity index (χ0n) is 18.6. The second-order valence-electron chi connectivity index (χ2n) is 7.84. The molecule has 35 heavy (non-hydrogen) atoms. The molecule has 1 aromatic carbocycles. The highest BCUT2D eigenvalue weighted by Gasteiger charge is 2.27. The highest BCUT2D eigenvalue weighted by atomic mass is 35.5. The van der Waals surface area contributed by atoms with E-state index >= 15 is 0 Å². The summed E-state index contributed by atoms with van der Waals surface area (Å²) in [5.41, 5.74) is 6.46. The van der Waals surface area contributed by atoms with Crippen molar-refractivity contribution in [3.05, 3.63) is 59.5 Å². The maximum absolute atomic E-state index is 13.2. The molecule has 182 valence electrons. The van der Waals surface area contributed by atoms with Gasteiger partial charge in [-0.05, 0) is 43.0 Å². The molecule has 1 aliphatic heterocycles. The monoisotopic (exact) mass is 514 g/mol. The second kappa shape index (κ2) is 11.2. The van der Waals surface area contributed by atoms with Gasteiger partial charge >= 0.3 is 18.0 Å². The number of hydrogen-bond donors (Lipinski definition) is 3. The van der Waals surface area contributed by atoms with Crippen LogP contribution in [0.4, 0.5) is 20.4 Å². The van der Waals surface area contributed by atoms with Gasteiger partial charge in [0.25, 0.3) is 0 Å². The Morgan fingerprint density at radius 1 is 1.14 bits per heavy atom. The van der Waals surface area contributed by atoms with E-state index in [1.165, 1.54) is 34.8 Å². The molecule has 1 atom stereocenters. The molecular weight excluding hydrogens is 492 g/mol. The summed E-state index contributed by atoms with van der Waals surface area (Å²) in [6, 6.07) is 7.66. The van der Waals surface area contributed by atoms with Gasteiger partial charge in [0.2, 0.25) is 0 Å². The van der Waals surface area contributed by atoms with E-state index < -0.39 is 24.1 Å². The minimum Gasteiger partial charge on any atom is -0.457 e. The lowest BCUT2D eigenvalue weighted by atomic mass is 10.1. The van der Waals surface area contributed by atoms with E-state index in [1.54, 1.807) is 18.2 Å². The molecule has 3 heterocycles. The lowest BCUT2D eigenvalue weighted by Gasteiger charge is -2.22. The summed E-state index contributed by atoms with van der Waals surface area (Å²) >= 11 is 7.22. The number of amides is 4. The summed E-state index contributed by atoms with van der Waals surface area (Å²) in [5.74, 6) is -0.346. The number of ether oxygens (including phenoxy) is 1. The molecule has 4 amide bonds. The molecule has 10 nitrogen and oxygen atoms in total. The molecule has 0 radical (unpaired) electrons. The SMILES string of the molecule is NC(=O)N1CCCCC(OC(=O)c2cc(-c3ccc(Cl)cc3)sc2NC(=O)Nc2cnccn2)C1. The Hall–Kier alpha value is -3.70. The molecule has 4 rings (SSSR count). The number of carbonyl (C=O) groups is 3. The number of primary amides is 1. The number of nitrogens with two attached hydrogens (primary N) is 1. The molecule has 12 heteroatoms. The number of aromatic nitrogens is 2. The predicted octanol–water partition coefficient (Wildman–Crippen LogP) is 4.59. The first kappa shape index (κ1) is 24.4. The first-order valence-corrected chi connectivity index (χ1v) is 12.1. The maximum atomic E-state index is 13.2. The summed E-state index contributed by atoms with van der Waals surface area (Å²) in [6.07, 6.45) is 6.03. The quantitative estimate of drug-likeness (QED) is 0.425. The average molecular weight is 515 g/mol. The van der Waals surface area contributed by atoms with Crippen LogP contribution in [0.25, 0.3) is 10.4 Å². The van der Waals surface area contributed by atoms with Gasteiger partial charge in [-0.1, -0.05) is 23.7 Å². The van der Waals surface area contributed by atoms with Gasteiger partial charge in [0.1, 0.15) is 11.1 Å². The molecule has 1 fully saturated rings. The van der Waals surface area contributed by atoms with Crippen LogP contribution in [0.5, 0.6) is 0 Å². The topological polar surface area (TPSA) is 140 Å². The van der Waals surface area contributed by atoms with Gasteiger partial charge in [-0.15, -0.1) is 11.3 Å². The second-order valence-corrected chi connectivity index (χ2v) is 9.33. The van der Waals surface area contributed by atoms with Crippen molar-refractivity contribution in [2.24, 2.45) is 5.73 Å². The van der Waals surface area contributed by atoms with Crippen LogP contribution in [0.15, 0.2) is 48.9 Å². The van der Waals surface area contributed by atoms with Crippen molar-refractivity contribution >= 4 is 51.8 Å². The van der Waals surface area contributed by atoms with Gasteiger partial charge in [-0.2, -0.15) is 0 Å². The Kier molecular flexibility index (Phi) is 7.78. The zero-order chi connectivity index (χ0) is 24.8. The standard InChI is InChI=1S/C23H23ClN6O4S/c24-15-6-4-14(5-7-15)18-11-17(20(35-18)29-23(33)28-19-12-26-8-9-27-19)21(31)34-16-3-1-2-10-30(13-16)22(25)32/h4-9,11-12,16H,1-3,10,13H2,(H2,25,32)(H2,27,28,29,33). The Labute approximate surface area is 210 Å². The van der Waals surface area contributed by atoms with Gasteiger partial charge in [-0.25, -0.2) is 19.4 Å². The Morgan fingerprint density at radius 2 is 1.94 bits per heavy atom. The third-order valence-corrected chi connectivity index (χ3v) is 6.68. The largest absolute Gasteiger partial charge is 0.457 e. The van der Waals surface area contributed by atoms with E-state index in [1.807, 2.05) is 12.1 Å². The number of hydrogen-bond acceptors (Lipinski definition) is 7. The number of likely N-dealkylation sites (tertiary alicyclic amines) is 1. The van der Waals surface area contributed by atoms with Crippen molar-refractivity contribution in [1.29, 1.82) is 0 Å². The number of halogens is 1. The minimum absolute atomic E-state index is 0.198. The first-order valence-electron chi connectivity index (χ1n) is 10.9. The Morgan fingerprint density at radius 3 is 2.66 bits per heavy atom. The maximum Gasteiger partial charge on any atom is 0.341 e. The van der Waals surface area contributed by atoms with Crippen molar-refractivity contribution in [1.82, 2.24) is 14.9 Å². The third kappa shape index (κ3) is 6.46. The van der Waals surface area contributed by atoms with E-state index in [0.717, 1.165) is 23.3 Å². The first-order chi connectivity index (χ1) is 16.9. The fraction of sp³-hybridized carbons (Fsp3) is 0.261. The summed E-state index contributed by atoms with van der Waals surface area (Å²) < 4.78 is 5.75. The predicted molar refractivity (Wildman–Crippen MR) is 134 cm³/mol. The number of rotatable bonds is 5. The lowest BCUT2D eigenvalue weighted by molar-refractivity contribution is 0.0242. The van der Waals surface area contributed by atoms with Crippen LogP contribution in [0.2, 0.25) is 5.02 Å². The number of nitrogens with zero attached hydrogens (tertiary/aromatic N) is 3. The minimum atomic E-state index is -0.604. The Bertz CT molecular complexity index is 1200. The van der Waals surface area contributed by atoms with E-state index in [9.17, 15) is 14.4 Å². The van der Waals surface area contributed by atoms with Gasteiger partial charge in [0, 0.05) is 28.8 Å². The van der Waals surface area contributed by atoms with Crippen molar-refractivity contribution in [3.63, 3.8) is 0 Å². The van der Waals surface area contributed by atoms with E-state index in [-0.39, 0.29) is 17.9 Å².